The molecule has 1 aromatic rings. The van der Waals surface area contributed by atoms with Crippen molar-refractivity contribution in [3.05, 3.63) is 11.4 Å². The minimum Gasteiger partial charge on any atom is -0.394 e. The SMILES string of the molecule is CCCNc1nc(C(C)(C)C)nc(NCC(O)CO)c1C. The molecule has 1 aromatic heterocycles. The highest BCUT2D eigenvalue weighted by molar-refractivity contribution is 5.57. The third-order valence-electron chi connectivity index (χ3n) is 3.07. The Bertz CT molecular complexity index is 458. The Morgan fingerprint density at radius 1 is 1.14 bits per heavy atom. The van der Waals surface area contributed by atoms with Crippen molar-refractivity contribution in [2.75, 3.05) is 30.3 Å². The first kappa shape index (κ1) is 17.7. The summed E-state index contributed by atoms with van der Waals surface area (Å²) in [5, 5.41) is 24.8. The lowest BCUT2D eigenvalue weighted by Crippen LogP contribution is -2.25. The molecule has 1 rings (SSSR count). The molecule has 0 saturated heterocycles. The van der Waals surface area contributed by atoms with Crippen molar-refractivity contribution in [1.82, 2.24) is 9.97 Å². The predicted octanol–water partition coefficient (Wildman–Crippen LogP) is 1.67. The Balaban J connectivity index is 3.08. The maximum atomic E-state index is 9.48. The summed E-state index contributed by atoms with van der Waals surface area (Å²) in [5.41, 5.74) is 0.754. The van der Waals surface area contributed by atoms with Gasteiger partial charge in [-0.15, -0.1) is 0 Å². The van der Waals surface area contributed by atoms with Gasteiger partial charge in [-0.2, -0.15) is 0 Å². The van der Waals surface area contributed by atoms with Crippen LogP contribution in [0.4, 0.5) is 11.6 Å². The van der Waals surface area contributed by atoms with Crippen molar-refractivity contribution in [3.63, 3.8) is 0 Å². The molecule has 1 atom stereocenters. The van der Waals surface area contributed by atoms with Crippen molar-refractivity contribution >= 4 is 11.6 Å². The van der Waals surface area contributed by atoms with E-state index in [1.54, 1.807) is 0 Å². The Hall–Kier alpha value is -1.40. The van der Waals surface area contributed by atoms with Gasteiger partial charge in [-0.3, -0.25) is 0 Å². The average Bonchev–Trinajstić information content (AvgIpc) is 2.43. The normalized spacial score (nSPS) is 13.1. The van der Waals surface area contributed by atoms with Gasteiger partial charge in [0.2, 0.25) is 0 Å². The summed E-state index contributed by atoms with van der Waals surface area (Å²) in [6.45, 7) is 11.1. The molecule has 0 spiro atoms. The maximum Gasteiger partial charge on any atom is 0.138 e. The van der Waals surface area contributed by atoms with E-state index >= 15 is 0 Å². The number of aromatic nitrogens is 2. The first-order valence-corrected chi connectivity index (χ1v) is 7.45. The van der Waals surface area contributed by atoms with Crippen molar-refractivity contribution in [2.45, 2.75) is 52.6 Å². The van der Waals surface area contributed by atoms with Crippen LogP contribution in [0.3, 0.4) is 0 Å². The van der Waals surface area contributed by atoms with E-state index in [4.69, 9.17) is 5.11 Å². The predicted molar refractivity (Wildman–Crippen MR) is 85.8 cm³/mol. The molecule has 0 bridgehead atoms. The quantitative estimate of drug-likeness (QED) is 0.612. The van der Waals surface area contributed by atoms with Gasteiger partial charge < -0.3 is 20.8 Å². The summed E-state index contributed by atoms with van der Waals surface area (Å²) in [6.07, 6.45) is 0.213. The summed E-state index contributed by atoms with van der Waals surface area (Å²) in [6, 6.07) is 0. The molecule has 0 radical (unpaired) electrons. The highest BCUT2D eigenvalue weighted by atomic mass is 16.3. The Morgan fingerprint density at radius 3 is 2.19 bits per heavy atom. The van der Waals surface area contributed by atoms with Crippen molar-refractivity contribution in [1.29, 1.82) is 0 Å². The van der Waals surface area contributed by atoms with Gasteiger partial charge in [0, 0.05) is 24.1 Å². The molecule has 0 aliphatic carbocycles. The van der Waals surface area contributed by atoms with Gasteiger partial charge in [0.25, 0.3) is 0 Å². The standard InChI is InChI=1S/C15H28N4O2/c1-6-7-16-12-10(2)13(17-8-11(21)9-20)19-14(18-12)15(3,4)5/h11,20-21H,6-9H2,1-5H3,(H2,16,17,18,19). The zero-order valence-electron chi connectivity index (χ0n) is 13.7. The fourth-order valence-electron chi connectivity index (χ4n) is 1.72. The van der Waals surface area contributed by atoms with E-state index in [2.05, 4.69) is 48.3 Å². The van der Waals surface area contributed by atoms with Crippen LogP contribution in [0.5, 0.6) is 0 Å². The van der Waals surface area contributed by atoms with E-state index in [9.17, 15) is 5.11 Å². The topological polar surface area (TPSA) is 90.3 Å². The van der Waals surface area contributed by atoms with Gasteiger partial charge in [0.1, 0.15) is 17.5 Å². The van der Waals surface area contributed by atoms with Gasteiger partial charge in [-0.1, -0.05) is 27.7 Å². The molecule has 1 heterocycles. The monoisotopic (exact) mass is 296 g/mol. The fraction of sp³-hybridized carbons (Fsp3) is 0.733. The lowest BCUT2D eigenvalue weighted by molar-refractivity contribution is 0.105. The summed E-state index contributed by atoms with van der Waals surface area (Å²) in [5.74, 6) is 2.26. The van der Waals surface area contributed by atoms with E-state index in [0.717, 1.165) is 30.2 Å². The van der Waals surface area contributed by atoms with Crippen LogP contribution < -0.4 is 10.6 Å². The van der Waals surface area contributed by atoms with E-state index in [1.807, 2.05) is 6.92 Å². The molecule has 0 aromatic carbocycles. The molecule has 0 fully saturated rings. The summed E-state index contributed by atoms with van der Waals surface area (Å²) < 4.78 is 0. The highest BCUT2D eigenvalue weighted by Gasteiger charge is 2.21. The Kier molecular flexibility index (Phi) is 6.36. The van der Waals surface area contributed by atoms with E-state index in [-0.39, 0.29) is 18.6 Å². The second-order valence-electron chi connectivity index (χ2n) is 6.26. The second kappa shape index (κ2) is 7.56. The third-order valence-corrected chi connectivity index (χ3v) is 3.07. The van der Waals surface area contributed by atoms with Gasteiger partial charge in [-0.25, -0.2) is 9.97 Å². The van der Waals surface area contributed by atoms with Gasteiger partial charge in [0.05, 0.1) is 12.7 Å². The number of hydrogen-bond acceptors (Lipinski definition) is 6. The molecule has 0 aliphatic heterocycles. The van der Waals surface area contributed by atoms with E-state index < -0.39 is 6.10 Å². The zero-order valence-corrected chi connectivity index (χ0v) is 13.7. The molecule has 4 N–H and O–H groups in total. The smallest absolute Gasteiger partial charge is 0.138 e. The zero-order chi connectivity index (χ0) is 16.0. The molecule has 120 valence electrons. The van der Waals surface area contributed by atoms with E-state index in [0.29, 0.717) is 5.82 Å². The van der Waals surface area contributed by atoms with Crippen LogP contribution in [-0.4, -0.2) is 46.0 Å². The minimum absolute atomic E-state index is 0.164. The molecular weight excluding hydrogens is 268 g/mol. The van der Waals surface area contributed by atoms with E-state index in [1.165, 1.54) is 0 Å². The van der Waals surface area contributed by atoms with Gasteiger partial charge in [-0.05, 0) is 13.3 Å². The Labute approximate surface area is 127 Å². The van der Waals surface area contributed by atoms with Gasteiger partial charge in [0.15, 0.2) is 0 Å². The summed E-state index contributed by atoms with van der Waals surface area (Å²) in [7, 11) is 0. The van der Waals surface area contributed by atoms with Crippen LogP contribution in [0.25, 0.3) is 0 Å². The molecule has 1 unspecified atom stereocenters. The summed E-state index contributed by atoms with van der Waals surface area (Å²) in [4.78, 5) is 9.18. The van der Waals surface area contributed by atoms with Gasteiger partial charge >= 0.3 is 0 Å². The molecule has 0 saturated carbocycles. The van der Waals surface area contributed by atoms with Crippen LogP contribution in [0.2, 0.25) is 0 Å². The van der Waals surface area contributed by atoms with Crippen LogP contribution in [0.15, 0.2) is 0 Å². The molecule has 6 nitrogen and oxygen atoms in total. The second-order valence-corrected chi connectivity index (χ2v) is 6.26. The number of aliphatic hydroxyl groups excluding tert-OH is 2. The number of anilines is 2. The maximum absolute atomic E-state index is 9.48. The number of nitrogens with zero attached hydrogens (tertiary/aromatic N) is 2. The lowest BCUT2D eigenvalue weighted by atomic mass is 9.95. The molecule has 0 amide bonds. The molecular formula is C15H28N4O2. The van der Waals surface area contributed by atoms with Crippen LogP contribution in [0, 0.1) is 6.92 Å². The minimum atomic E-state index is -0.801. The summed E-state index contributed by atoms with van der Waals surface area (Å²) >= 11 is 0. The van der Waals surface area contributed by atoms with Crippen molar-refractivity contribution in [2.24, 2.45) is 0 Å². The average molecular weight is 296 g/mol. The third kappa shape index (κ3) is 5.13. The van der Waals surface area contributed by atoms with Crippen molar-refractivity contribution < 1.29 is 10.2 Å². The fourth-order valence-corrected chi connectivity index (χ4v) is 1.72. The van der Waals surface area contributed by atoms with Crippen LogP contribution >= 0.6 is 0 Å². The first-order chi connectivity index (χ1) is 9.79. The number of rotatable bonds is 7. The lowest BCUT2D eigenvalue weighted by Gasteiger charge is -2.21. The highest BCUT2D eigenvalue weighted by Crippen LogP contribution is 2.26. The number of nitrogens with one attached hydrogen (secondary N) is 2. The number of aliphatic hydroxyl groups is 2. The van der Waals surface area contributed by atoms with Crippen LogP contribution in [-0.2, 0) is 5.41 Å². The number of hydrogen-bond donors (Lipinski definition) is 4. The molecule has 21 heavy (non-hydrogen) atoms. The largest absolute Gasteiger partial charge is 0.394 e. The first-order valence-electron chi connectivity index (χ1n) is 7.45. The Morgan fingerprint density at radius 2 is 1.71 bits per heavy atom. The van der Waals surface area contributed by atoms with Crippen molar-refractivity contribution in [3.8, 4) is 0 Å². The molecule has 6 heteroatoms. The molecule has 0 aliphatic rings. The van der Waals surface area contributed by atoms with Crippen LogP contribution in [0.1, 0.15) is 45.5 Å².